The Kier molecular flexibility index (Phi) is 4.74. The van der Waals surface area contributed by atoms with Gasteiger partial charge in [0, 0.05) is 5.56 Å². The molecule has 0 aromatic heterocycles. The maximum absolute atomic E-state index is 13.4. The number of hydrogen-bond donors (Lipinski definition) is 0. The minimum absolute atomic E-state index is 0.0449. The summed E-state index contributed by atoms with van der Waals surface area (Å²) >= 11 is 11.5. The highest BCUT2D eigenvalue weighted by molar-refractivity contribution is 6.37. The molecule has 104 valence electrons. The molecule has 21 heavy (non-hydrogen) atoms. The molecule has 0 amide bonds. The van der Waals surface area contributed by atoms with Crippen molar-refractivity contribution in [1.29, 1.82) is 5.26 Å². The summed E-state index contributed by atoms with van der Waals surface area (Å²) in [5.41, 5.74) is 1.32. The van der Waals surface area contributed by atoms with Crippen molar-refractivity contribution in [3.05, 3.63) is 75.0 Å². The molecule has 0 heterocycles. The van der Waals surface area contributed by atoms with E-state index in [-0.39, 0.29) is 15.6 Å². The maximum atomic E-state index is 13.4. The first-order chi connectivity index (χ1) is 10.0. The van der Waals surface area contributed by atoms with E-state index in [4.69, 9.17) is 28.5 Å². The second kappa shape index (κ2) is 6.53. The van der Waals surface area contributed by atoms with E-state index < -0.39 is 11.6 Å². The van der Waals surface area contributed by atoms with Crippen LogP contribution in [0.5, 0.6) is 0 Å². The molecule has 0 atom stereocenters. The summed E-state index contributed by atoms with van der Waals surface area (Å²) in [7, 11) is 0. The number of allylic oxidation sites excluding steroid dienone is 1. The van der Waals surface area contributed by atoms with Crippen LogP contribution in [-0.4, -0.2) is 5.78 Å². The molecule has 0 saturated heterocycles. The van der Waals surface area contributed by atoms with E-state index in [1.165, 1.54) is 12.1 Å². The number of carbonyl (C=O) groups is 1. The van der Waals surface area contributed by atoms with Gasteiger partial charge in [-0.25, -0.2) is 4.39 Å². The van der Waals surface area contributed by atoms with Crippen molar-refractivity contribution in [1.82, 2.24) is 0 Å². The summed E-state index contributed by atoms with van der Waals surface area (Å²) in [6.45, 7) is 0. The Morgan fingerprint density at radius 2 is 1.81 bits per heavy atom. The largest absolute Gasteiger partial charge is 0.289 e. The molecule has 0 radical (unpaired) electrons. The fourth-order valence-electron chi connectivity index (χ4n) is 1.64. The molecule has 0 bridgehead atoms. The highest BCUT2D eigenvalue weighted by Crippen LogP contribution is 2.25. The van der Waals surface area contributed by atoms with Crippen molar-refractivity contribution in [3.63, 3.8) is 0 Å². The van der Waals surface area contributed by atoms with Crippen LogP contribution in [0.1, 0.15) is 21.5 Å². The summed E-state index contributed by atoms with van der Waals surface area (Å²) in [5.74, 6) is -1.13. The van der Waals surface area contributed by atoms with Gasteiger partial charge >= 0.3 is 0 Å². The van der Waals surface area contributed by atoms with Crippen LogP contribution >= 0.6 is 23.2 Å². The number of hydrogen-bond acceptors (Lipinski definition) is 2. The number of ketones is 1. The molecule has 0 saturated carbocycles. The van der Waals surface area contributed by atoms with Crippen molar-refractivity contribution >= 4 is 35.1 Å². The lowest BCUT2D eigenvalue weighted by molar-refractivity contribution is 0.104. The molecule has 0 unspecified atom stereocenters. The summed E-state index contributed by atoms with van der Waals surface area (Å²) in [4.78, 5) is 12.0. The zero-order valence-corrected chi connectivity index (χ0v) is 12.1. The average molecular weight is 320 g/mol. The zero-order valence-electron chi connectivity index (χ0n) is 10.6. The third-order valence-corrected chi connectivity index (χ3v) is 3.34. The Morgan fingerprint density at radius 3 is 2.43 bits per heavy atom. The molecule has 2 rings (SSSR count). The van der Waals surface area contributed by atoms with E-state index in [0.717, 1.165) is 11.6 Å². The van der Waals surface area contributed by atoms with Gasteiger partial charge in [-0.15, -0.1) is 0 Å². The smallest absolute Gasteiger partial charge is 0.187 e. The van der Waals surface area contributed by atoms with E-state index in [2.05, 4.69) is 0 Å². The molecule has 5 heteroatoms. The second-order valence-corrected chi connectivity index (χ2v) is 4.99. The van der Waals surface area contributed by atoms with Gasteiger partial charge in [-0.2, -0.15) is 5.26 Å². The van der Waals surface area contributed by atoms with Gasteiger partial charge in [0.15, 0.2) is 5.78 Å². The number of nitriles is 1. The number of rotatable bonds is 3. The molecule has 0 aliphatic heterocycles. The number of carbonyl (C=O) groups excluding carboxylic acids is 1. The van der Waals surface area contributed by atoms with Crippen LogP contribution in [0.3, 0.4) is 0 Å². The normalized spacial score (nSPS) is 10.6. The quantitative estimate of drug-likeness (QED) is 0.458. The highest BCUT2D eigenvalue weighted by Gasteiger charge is 2.11. The third-order valence-electron chi connectivity index (χ3n) is 2.74. The summed E-state index contributed by atoms with van der Waals surface area (Å²) in [5, 5.41) is 8.65. The molecule has 0 spiro atoms. The predicted molar refractivity (Wildman–Crippen MR) is 80.9 cm³/mol. The van der Waals surface area contributed by atoms with Crippen LogP contribution in [0.4, 0.5) is 4.39 Å². The molecule has 2 nitrogen and oxygen atoms in total. The van der Waals surface area contributed by atoms with Crippen molar-refractivity contribution in [2.75, 3.05) is 0 Å². The molecular weight excluding hydrogens is 312 g/mol. The molecule has 0 aliphatic carbocycles. The Balaban J connectivity index is 2.23. The van der Waals surface area contributed by atoms with Gasteiger partial charge in [0.1, 0.15) is 5.82 Å². The van der Waals surface area contributed by atoms with Gasteiger partial charge in [0.05, 0.1) is 21.7 Å². The van der Waals surface area contributed by atoms with Crippen LogP contribution in [0.2, 0.25) is 10.0 Å². The van der Waals surface area contributed by atoms with Crippen LogP contribution < -0.4 is 0 Å². The molecule has 0 N–H and O–H groups in total. The van der Waals surface area contributed by atoms with Crippen LogP contribution in [-0.2, 0) is 0 Å². The van der Waals surface area contributed by atoms with E-state index in [1.807, 2.05) is 6.07 Å². The predicted octanol–water partition coefficient (Wildman–Crippen LogP) is 4.90. The Bertz CT molecular complexity index is 761. The van der Waals surface area contributed by atoms with E-state index in [1.54, 1.807) is 30.3 Å². The van der Waals surface area contributed by atoms with Crippen LogP contribution in [0.15, 0.2) is 42.5 Å². The van der Waals surface area contributed by atoms with Crippen molar-refractivity contribution in [2.45, 2.75) is 0 Å². The molecule has 0 fully saturated rings. The van der Waals surface area contributed by atoms with Gasteiger partial charge in [-0.1, -0.05) is 41.4 Å². The van der Waals surface area contributed by atoms with Crippen molar-refractivity contribution in [3.8, 4) is 6.07 Å². The summed E-state index contributed by atoms with van der Waals surface area (Å²) in [6.07, 6.45) is 2.85. The van der Waals surface area contributed by atoms with Gasteiger partial charge < -0.3 is 0 Å². The maximum Gasteiger partial charge on any atom is 0.187 e. The fourth-order valence-corrected chi connectivity index (χ4v) is 2.12. The standard InChI is InChI=1S/C16H8Cl2FNO/c17-13-8-14(18)15(19)7-12(13)16(21)6-5-10-1-3-11(9-20)4-2-10/h1-8H/b6-5+. The van der Waals surface area contributed by atoms with Crippen LogP contribution in [0, 0.1) is 17.1 Å². The third kappa shape index (κ3) is 3.69. The lowest BCUT2D eigenvalue weighted by Crippen LogP contribution is -1.97. The lowest BCUT2D eigenvalue weighted by atomic mass is 10.1. The van der Waals surface area contributed by atoms with E-state index >= 15 is 0 Å². The Labute approximate surface area is 131 Å². The highest BCUT2D eigenvalue weighted by atomic mass is 35.5. The van der Waals surface area contributed by atoms with E-state index in [9.17, 15) is 9.18 Å². The van der Waals surface area contributed by atoms with Crippen molar-refractivity contribution < 1.29 is 9.18 Å². The minimum Gasteiger partial charge on any atom is -0.289 e. The average Bonchev–Trinajstić information content (AvgIpc) is 2.49. The number of nitrogens with zero attached hydrogens (tertiary/aromatic N) is 1. The molecule has 2 aromatic rings. The number of benzene rings is 2. The monoisotopic (exact) mass is 319 g/mol. The van der Waals surface area contributed by atoms with Gasteiger partial charge in [-0.05, 0) is 35.9 Å². The van der Waals surface area contributed by atoms with Gasteiger partial charge in [-0.3, -0.25) is 4.79 Å². The van der Waals surface area contributed by atoms with E-state index in [0.29, 0.717) is 5.56 Å². The van der Waals surface area contributed by atoms with Crippen LogP contribution in [0.25, 0.3) is 6.08 Å². The Morgan fingerprint density at radius 1 is 1.14 bits per heavy atom. The minimum atomic E-state index is -0.698. The molecular formula is C16H8Cl2FNO. The fraction of sp³-hybridized carbons (Fsp3) is 0. The topological polar surface area (TPSA) is 40.9 Å². The molecule has 0 aliphatic rings. The van der Waals surface area contributed by atoms with Gasteiger partial charge in [0.25, 0.3) is 0 Å². The first kappa shape index (κ1) is 15.2. The zero-order chi connectivity index (χ0) is 15.4. The second-order valence-electron chi connectivity index (χ2n) is 4.18. The number of halogens is 3. The summed E-state index contributed by atoms with van der Waals surface area (Å²) < 4.78 is 13.4. The molecule has 2 aromatic carbocycles. The van der Waals surface area contributed by atoms with Gasteiger partial charge in [0.2, 0.25) is 0 Å². The first-order valence-electron chi connectivity index (χ1n) is 5.88. The first-order valence-corrected chi connectivity index (χ1v) is 6.64. The SMILES string of the molecule is N#Cc1ccc(/C=C/C(=O)c2cc(F)c(Cl)cc2Cl)cc1. The van der Waals surface area contributed by atoms with Crippen molar-refractivity contribution in [2.24, 2.45) is 0 Å². The summed E-state index contributed by atoms with van der Waals surface area (Å²) in [6, 6.07) is 10.9. The Hall–Kier alpha value is -2.15. The lowest BCUT2D eigenvalue weighted by Gasteiger charge is -2.02.